The van der Waals surface area contributed by atoms with Crippen molar-refractivity contribution in [2.75, 3.05) is 26.7 Å². The van der Waals surface area contributed by atoms with Gasteiger partial charge < -0.3 is 19.4 Å². The quantitative estimate of drug-likeness (QED) is 0.687. The molecule has 160 valence electrons. The number of nitrogens with one attached hydrogen (secondary N) is 1. The zero-order valence-corrected chi connectivity index (χ0v) is 17.6. The van der Waals surface area contributed by atoms with Crippen molar-refractivity contribution in [1.29, 1.82) is 0 Å². The fourth-order valence-corrected chi connectivity index (χ4v) is 3.98. The van der Waals surface area contributed by atoms with Crippen LogP contribution >= 0.6 is 0 Å². The van der Waals surface area contributed by atoms with Gasteiger partial charge in [-0.1, -0.05) is 54.6 Å². The van der Waals surface area contributed by atoms with Crippen LogP contribution in [0.1, 0.15) is 21.8 Å². The summed E-state index contributed by atoms with van der Waals surface area (Å²) in [4.78, 5) is 31.5. The van der Waals surface area contributed by atoms with Crippen molar-refractivity contribution >= 4 is 11.8 Å². The normalized spacial score (nSPS) is 18.6. The molecule has 7 heteroatoms. The maximum absolute atomic E-state index is 13.0. The molecular weight excluding hydrogens is 394 g/mol. The van der Waals surface area contributed by atoms with Gasteiger partial charge in [-0.3, -0.25) is 9.59 Å². The molecule has 1 fully saturated rings. The Hall–Kier alpha value is -3.45. The van der Waals surface area contributed by atoms with E-state index in [1.54, 1.807) is 18.9 Å². The van der Waals surface area contributed by atoms with E-state index in [9.17, 15) is 9.59 Å². The fourth-order valence-electron chi connectivity index (χ4n) is 3.98. The topological polar surface area (TPSA) is 84.7 Å². The summed E-state index contributed by atoms with van der Waals surface area (Å²) >= 11 is 0. The Bertz CT molecular complexity index is 1080. The number of aromatic nitrogens is 1. The van der Waals surface area contributed by atoms with E-state index in [-0.39, 0.29) is 30.7 Å². The van der Waals surface area contributed by atoms with Crippen LogP contribution in [0.3, 0.4) is 0 Å². The molecule has 1 aliphatic heterocycles. The van der Waals surface area contributed by atoms with Gasteiger partial charge in [0.2, 0.25) is 5.76 Å². The van der Waals surface area contributed by atoms with Gasteiger partial charge in [0, 0.05) is 20.0 Å². The minimum Gasteiger partial charge on any atom is -0.438 e. The van der Waals surface area contributed by atoms with E-state index in [4.69, 9.17) is 9.15 Å². The lowest BCUT2D eigenvalue weighted by Gasteiger charge is -2.41. The monoisotopic (exact) mass is 419 g/mol. The van der Waals surface area contributed by atoms with Gasteiger partial charge in [-0.05, 0) is 23.6 Å². The molecule has 1 saturated heterocycles. The number of hydrogen-bond acceptors (Lipinski definition) is 5. The van der Waals surface area contributed by atoms with Crippen LogP contribution in [-0.4, -0.2) is 54.0 Å². The number of aryl methyl sites for hydroxylation is 1. The number of hydrogen-bond donors (Lipinski definition) is 1. The lowest BCUT2D eigenvalue weighted by molar-refractivity contribution is -0.156. The van der Waals surface area contributed by atoms with Crippen LogP contribution in [0, 0.1) is 6.92 Å². The van der Waals surface area contributed by atoms with Crippen LogP contribution in [0.25, 0.3) is 11.1 Å². The van der Waals surface area contributed by atoms with Gasteiger partial charge in [-0.25, -0.2) is 4.98 Å². The highest BCUT2D eigenvalue weighted by Crippen LogP contribution is 2.28. The summed E-state index contributed by atoms with van der Waals surface area (Å²) in [5, 5.41) is 2.71. The van der Waals surface area contributed by atoms with Crippen molar-refractivity contribution in [1.82, 2.24) is 15.2 Å². The Morgan fingerprint density at radius 1 is 1.13 bits per heavy atom. The number of oxazole rings is 1. The number of rotatable bonds is 5. The number of amides is 2. The predicted octanol–water partition coefficient (Wildman–Crippen LogP) is 2.85. The molecule has 0 radical (unpaired) electrons. The summed E-state index contributed by atoms with van der Waals surface area (Å²) in [6.07, 6.45) is 1.59. The molecule has 2 aromatic carbocycles. The highest BCUT2D eigenvalue weighted by molar-refractivity contribution is 5.94. The number of carbonyl (C=O) groups is 2. The first-order valence-corrected chi connectivity index (χ1v) is 10.2. The van der Waals surface area contributed by atoms with E-state index in [2.05, 4.69) is 16.4 Å². The Kier molecular flexibility index (Phi) is 5.86. The second-order valence-corrected chi connectivity index (χ2v) is 7.66. The fraction of sp³-hybridized carbons (Fsp3) is 0.292. The first-order valence-electron chi connectivity index (χ1n) is 10.2. The highest BCUT2D eigenvalue weighted by Gasteiger charge is 2.45. The number of ether oxygens (including phenoxy) is 1. The van der Waals surface area contributed by atoms with E-state index in [1.807, 2.05) is 48.5 Å². The van der Waals surface area contributed by atoms with Crippen molar-refractivity contribution in [2.24, 2.45) is 0 Å². The molecule has 2 amide bonds. The maximum atomic E-state index is 13.0. The summed E-state index contributed by atoms with van der Waals surface area (Å²) in [7, 11) is 1.58. The molecule has 0 bridgehead atoms. The Morgan fingerprint density at radius 2 is 1.90 bits per heavy atom. The van der Waals surface area contributed by atoms with Crippen LogP contribution in [0.5, 0.6) is 0 Å². The minimum absolute atomic E-state index is 0.126. The van der Waals surface area contributed by atoms with E-state index in [0.29, 0.717) is 18.7 Å². The maximum Gasteiger partial charge on any atom is 0.291 e. The van der Waals surface area contributed by atoms with Gasteiger partial charge in [0.25, 0.3) is 11.8 Å². The Labute approximate surface area is 181 Å². The zero-order valence-electron chi connectivity index (χ0n) is 17.6. The van der Waals surface area contributed by atoms with E-state index in [0.717, 1.165) is 16.7 Å². The summed E-state index contributed by atoms with van der Waals surface area (Å²) < 4.78 is 11.3. The van der Waals surface area contributed by atoms with Crippen LogP contribution < -0.4 is 5.32 Å². The van der Waals surface area contributed by atoms with Crippen molar-refractivity contribution < 1.29 is 18.7 Å². The van der Waals surface area contributed by atoms with Crippen molar-refractivity contribution in [3.8, 4) is 11.1 Å². The average molecular weight is 419 g/mol. The molecule has 4 rings (SSSR count). The van der Waals surface area contributed by atoms with E-state index >= 15 is 0 Å². The minimum atomic E-state index is -1.19. The second kappa shape index (κ2) is 8.73. The van der Waals surface area contributed by atoms with Crippen LogP contribution in [0.15, 0.2) is 65.4 Å². The molecule has 0 saturated carbocycles. The number of nitrogens with zero attached hydrogens (tertiary/aromatic N) is 2. The molecule has 31 heavy (non-hydrogen) atoms. The third kappa shape index (κ3) is 4.22. The third-order valence-electron chi connectivity index (χ3n) is 5.58. The van der Waals surface area contributed by atoms with Crippen LogP contribution in [0.4, 0.5) is 0 Å². The first-order chi connectivity index (χ1) is 15.0. The standard InChI is InChI=1S/C24H25N3O4/c1-17-21(30-16-26-17)22(28)27-11-12-31-24(15-27,23(29)25-2)14-18-7-6-10-20(13-18)19-8-4-3-5-9-19/h3-10,13,16H,11-12,14-15H2,1-2H3,(H,25,29). The molecule has 1 N–H and O–H groups in total. The van der Waals surface area contributed by atoms with Crippen LogP contribution in [0.2, 0.25) is 0 Å². The number of morpholine rings is 1. The van der Waals surface area contributed by atoms with Gasteiger partial charge in [-0.15, -0.1) is 0 Å². The SMILES string of the molecule is CNC(=O)C1(Cc2cccc(-c3ccccc3)c2)CN(C(=O)c2ocnc2C)CCO1. The zero-order chi connectivity index (χ0) is 21.8. The van der Waals surface area contributed by atoms with Crippen molar-refractivity contribution in [3.05, 3.63) is 78.0 Å². The average Bonchev–Trinajstić information content (AvgIpc) is 3.24. The molecule has 1 unspecified atom stereocenters. The largest absolute Gasteiger partial charge is 0.438 e. The van der Waals surface area contributed by atoms with Crippen LogP contribution in [-0.2, 0) is 16.0 Å². The van der Waals surface area contributed by atoms with Gasteiger partial charge >= 0.3 is 0 Å². The highest BCUT2D eigenvalue weighted by atomic mass is 16.5. The van der Waals surface area contributed by atoms with Gasteiger partial charge in [-0.2, -0.15) is 0 Å². The summed E-state index contributed by atoms with van der Waals surface area (Å²) in [6.45, 7) is 2.48. The third-order valence-corrected chi connectivity index (χ3v) is 5.58. The van der Waals surface area contributed by atoms with Gasteiger partial charge in [0.15, 0.2) is 12.0 Å². The summed E-state index contributed by atoms with van der Waals surface area (Å²) in [5.41, 5.74) is 2.45. The molecule has 0 aliphatic carbocycles. The smallest absolute Gasteiger partial charge is 0.291 e. The number of benzene rings is 2. The van der Waals surface area contributed by atoms with Gasteiger partial charge in [0.1, 0.15) is 0 Å². The van der Waals surface area contributed by atoms with Crippen molar-refractivity contribution in [2.45, 2.75) is 18.9 Å². The van der Waals surface area contributed by atoms with Gasteiger partial charge in [0.05, 0.1) is 18.8 Å². The first kappa shape index (κ1) is 20.8. The Morgan fingerprint density at radius 3 is 2.61 bits per heavy atom. The predicted molar refractivity (Wildman–Crippen MR) is 115 cm³/mol. The second-order valence-electron chi connectivity index (χ2n) is 7.66. The molecule has 0 spiro atoms. The lowest BCUT2D eigenvalue weighted by Crippen LogP contribution is -2.61. The number of carbonyl (C=O) groups excluding carboxylic acids is 2. The molecule has 2 heterocycles. The van der Waals surface area contributed by atoms with E-state index < -0.39 is 5.60 Å². The van der Waals surface area contributed by atoms with E-state index in [1.165, 1.54) is 6.39 Å². The molecule has 1 aliphatic rings. The lowest BCUT2D eigenvalue weighted by atomic mass is 9.89. The molecular formula is C24H25N3O4. The molecule has 1 atom stereocenters. The Balaban J connectivity index is 1.62. The summed E-state index contributed by atoms with van der Waals surface area (Å²) in [6, 6.07) is 18.1. The summed E-state index contributed by atoms with van der Waals surface area (Å²) in [5.74, 6) is -0.354. The molecule has 3 aromatic rings. The molecule has 1 aromatic heterocycles. The number of likely N-dealkylation sites (N-methyl/N-ethyl adjacent to an activating group) is 1. The molecule has 7 nitrogen and oxygen atoms in total. The van der Waals surface area contributed by atoms with Crippen molar-refractivity contribution in [3.63, 3.8) is 0 Å².